The van der Waals surface area contributed by atoms with Crippen molar-refractivity contribution in [2.24, 2.45) is 0 Å². The number of benzene rings is 3. The van der Waals surface area contributed by atoms with Crippen LogP contribution in [0.2, 0.25) is 15.1 Å². The fraction of sp³-hybridized carbons (Fsp3) is 0.174. The van der Waals surface area contributed by atoms with Crippen LogP contribution < -0.4 is 5.32 Å². The maximum Gasteiger partial charge on any atom is 0.243 e. The maximum absolute atomic E-state index is 13.4. The van der Waals surface area contributed by atoms with E-state index in [0.717, 1.165) is 14.3 Å². The van der Waals surface area contributed by atoms with Crippen molar-refractivity contribution in [3.63, 3.8) is 0 Å². The molecule has 0 aromatic heterocycles. The molecule has 10 heteroatoms. The van der Waals surface area contributed by atoms with E-state index in [2.05, 4.69) is 21.2 Å². The average molecular weight is 591 g/mol. The van der Waals surface area contributed by atoms with Gasteiger partial charge in [-0.25, -0.2) is 8.42 Å². The van der Waals surface area contributed by atoms with Gasteiger partial charge in [0.15, 0.2) is 0 Å². The summed E-state index contributed by atoms with van der Waals surface area (Å²) in [5, 5.41) is 4.09. The number of amides is 1. The number of carbonyl (C=O) groups is 1. The van der Waals surface area contributed by atoms with E-state index in [0.29, 0.717) is 20.6 Å². The van der Waals surface area contributed by atoms with E-state index in [1.54, 1.807) is 54.6 Å². The quantitative estimate of drug-likeness (QED) is 0.327. The van der Waals surface area contributed by atoms with Crippen molar-refractivity contribution in [3.05, 3.63) is 97.4 Å². The molecule has 0 saturated heterocycles. The van der Waals surface area contributed by atoms with Gasteiger partial charge in [0.1, 0.15) is 0 Å². The van der Waals surface area contributed by atoms with Gasteiger partial charge in [-0.05, 0) is 66.6 Å². The SMILES string of the molecule is C[C@@H](NC(=O)CN(Cc1ccc(Cl)c(Cl)c1)S(=O)(=O)c1ccc(Br)cc1)c1ccc(Cl)cc1. The predicted octanol–water partition coefficient (Wildman–Crippen LogP) is 6.48. The number of hydrogen-bond donors (Lipinski definition) is 1. The Hall–Kier alpha value is -1.61. The van der Waals surface area contributed by atoms with Gasteiger partial charge in [-0.2, -0.15) is 4.31 Å². The van der Waals surface area contributed by atoms with Crippen molar-refractivity contribution in [1.82, 2.24) is 9.62 Å². The smallest absolute Gasteiger partial charge is 0.243 e. The molecule has 1 amide bonds. The van der Waals surface area contributed by atoms with Crippen LogP contribution in [0, 0.1) is 0 Å². The lowest BCUT2D eigenvalue weighted by Gasteiger charge is -2.23. The first-order chi connectivity index (χ1) is 15.6. The fourth-order valence-electron chi connectivity index (χ4n) is 3.11. The number of rotatable bonds is 8. The van der Waals surface area contributed by atoms with Crippen molar-refractivity contribution in [2.45, 2.75) is 24.4 Å². The van der Waals surface area contributed by atoms with Crippen LogP contribution in [-0.2, 0) is 21.4 Å². The normalized spacial score (nSPS) is 12.5. The maximum atomic E-state index is 13.4. The number of sulfonamides is 1. The van der Waals surface area contributed by atoms with Crippen molar-refractivity contribution in [2.75, 3.05) is 6.54 Å². The summed E-state index contributed by atoms with van der Waals surface area (Å²) < 4.78 is 28.6. The molecule has 33 heavy (non-hydrogen) atoms. The van der Waals surface area contributed by atoms with Crippen LogP contribution in [0.15, 0.2) is 76.1 Å². The number of nitrogens with one attached hydrogen (secondary N) is 1. The van der Waals surface area contributed by atoms with Crippen LogP contribution >= 0.6 is 50.7 Å². The molecule has 3 aromatic rings. The minimum atomic E-state index is -3.98. The standard InChI is InChI=1S/C23H20BrCl3N2O3S/c1-15(17-3-7-19(25)8-4-17)28-23(30)14-29(13-16-2-11-21(26)22(27)12-16)33(31,32)20-9-5-18(24)6-10-20/h2-12,15H,13-14H2,1H3,(H,28,30)/t15-/m1/s1. The van der Waals surface area contributed by atoms with Crippen molar-refractivity contribution < 1.29 is 13.2 Å². The van der Waals surface area contributed by atoms with Gasteiger partial charge in [0.25, 0.3) is 0 Å². The van der Waals surface area contributed by atoms with Crippen molar-refractivity contribution in [1.29, 1.82) is 0 Å². The summed E-state index contributed by atoms with van der Waals surface area (Å²) in [6.07, 6.45) is 0. The molecule has 3 aromatic carbocycles. The van der Waals surface area contributed by atoms with Gasteiger partial charge in [-0.3, -0.25) is 4.79 Å². The van der Waals surface area contributed by atoms with Crippen molar-refractivity contribution in [3.8, 4) is 0 Å². The number of carbonyl (C=O) groups excluding carboxylic acids is 1. The molecular weight excluding hydrogens is 571 g/mol. The van der Waals surface area contributed by atoms with Gasteiger partial charge in [0, 0.05) is 16.0 Å². The highest BCUT2D eigenvalue weighted by molar-refractivity contribution is 9.10. The zero-order chi connectivity index (χ0) is 24.2. The van der Waals surface area contributed by atoms with Gasteiger partial charge < -0.3 is 5.32 Å². The second kappa shape index (κ2) is 11.2. The highest BCUT2D eigenvalue weighted by atomic mass is 79.9. The second-order valence-corrected chi connectivity index (χ2v) is 11.4. The molecular formula is C23H20BrCl3N2O3S. The van der Waals surface area contributed by atoms with Crippen molar-refractivity contribution >= 4 is 66.7 Å². The van der Waals surface area contributed by atoms with Gasteiger partial charge in [-0.15, -0.1) is 0 Å². The molecule has 0 aliphatic carbocycles. The van der Waals surface area contributed by atoms with Gasteiger partial charge in [-0.1, -0.05) is 68.9 Å². The number of hydrogen-bond acceptors (Lipinski definition) is 3. The summed E-state index contributed by atoms with van der Waals surface area (Å²) in [4.78, 5) is 12.9. The third-order valence-electron chi connectivity index (χ3n) is 4.86. The van der Waals surface area contributed by atoms with Crippen LogP contribution in [-0.4, -0.2) is 25.2 Å². The Kier molecular flexibility index (Phi) is 8.83. The van der Waals surface area contributed by atoms with E-state index in [9.17, 15) is 13.2 Å². The number of halogens is 4. The van der Waals surface area contributed by atoms with Crippen LogP contribution in [0.3, 0.4) is 0 Å². The molecule has 0 bridgehead atoms. The Morgan fingerprint density at radius 3 is 2.21 bits per heavy atom. The molecule has 0 radical (unpaired) electrons. The molecule has 0 heterocycles. The first-order valence-corrected chi connectivity index (χ1v) is 13.2. The molecule has 1 atom stereocenters. The molecule has 0 aliphatic heterocycles. The zero-order valence-corrected chi connectivity index (χ0v) is 22.1. The Bertz CT molecular complexity index is 1240. The third-order valence-corrected chi connectivity index (χ3v) is 8.19. The third kappa shape index (κ3) is 6.94. The Morgan fingerprint density at radius 2 is 1.61 bits per heavy atom. The van der Waals surface area contributed by atoms with E-state index in [1.165, 1.54) is 12.1 Å². The van der Waals surface area contributed by atoms with E-state index < -0.39 is 15.9 Å². The summed E-state index contributed by atoms with van der Waals surface area (Å²) in [6.45, 7) is 1.38. The molecule has 174 valence electrons. The van der Waals surface area contributed by atoms with Crippen LogP contribution in [0.25, 0.3) is 0 Å². The molecule has 0 fully saturated rings. The summed E-state index contributed by atoms with van der Waals surface area (Å²) in [5.41, 5.74) is 1.45. The highest BCUT2D eigenvalue weighted by Crippen LogP contribution is 2.26. The summed E-state index contributed by atoms with van der Waals surface area (Å²) in [5.74, 6) is -0.446. The summed E-state index contributed by atoms with van der Waals surface area (Å²) >= 11 is 21.3. The lowest BCUT2D eigenvalue weighted by molar-refractivity contribution is -0.122. The molecule has 0 unspecified atom stereocenters. The topological polar surface area (TPSA) is 66.5 Å². The lowest BCUT2D eigenvalue weighted by Crippen LogP contribution is -2.41. The molecule has 3 rings (SSSR count). The molecule has 5 nitrogen and oxygen atoms in total. The Labute approximate surface area is 216 Å². The molecule has 0 aliphatic rings. The summed E-state index contributed by atoms with van der Waals surface area (Å²) in [6, 6.07) is 17.8. The first-order valence-electron chi connectivity index (χ1n) is 9.81. The molecule has 0 spiro atoms. The lowest BCUT2D eigenvalue weighted by atomic mass is 10.1. The predicted molar refractivity (Wildman–Crippen MR) is 136 cm³/mol. The molecule has 0 saturated carbocycles. The Balaban J connectivity index is 1.85. The van der Waals surface area contributed by atoms with E-state index >= 15 is 0 Å². The minimum absolute atomic E-state index is 0.0575. The second-order valence-electron chi connectivity index (χ2n) is 7.32. The highest BCUT2D eigenvalue weighted by Gasteiger charge is 2.27. The zero-order valence-electron chi connectivity index (χ0n) is 17.4. The van der Waals surface area contributed by atoms with E-state index in [4.69, 9.17) is 34.8 Å². The largest absolute Gasteiger partial charge is 0.348 e. The first kappa shape index (κ1) is 26.0. The van der Waals surface area contributed by atoms with Crippen LogP contribution in [0.1, 0.15) is 24.1 Å². The average Bonchev–Trinajstić information content (AvgIpc) is 2.76. The minimum Gasteiger partial charge on any atom is -0.348 e. The number of nitrogens with zero attached hydrogens (tertiary/aromatic N) is 1. The van der Waals surface area contributed by atoms with Crippen LogP contribution in [0.4, 0.5) is 0 Å². The monoisotopic (exact) mass is 588 g/mol. The van der Waals surface area contributed by atoms with Gasteiger partial charge in [0.05, 0.1) is 27.5 Å². The Morgan fingerprint density at radius 1 is 0.970 bits per heavy atom. The van der Waals surface area contributed by atoms with E-state index in [1.807, 2.05) is 6.92 Å². The van der Waals surface area contributed by atoms with Gasteiger partial charge >= 0.3 is 0 Å². The van der Waals surface area contributed by atoms with Gasteiger partial charge in [0.2, 0.25) is 15.9 Å². The van der Waals surface area contributed by atoms with Crippen LogP contribution in [0.5, 0.6) is 0 Å². The fourth-order valence-corrected chi connectivity index (χ4v) is 5.20. The molecule has 1 N–H and O–H groups in total. The van der Waals surface area contributed by atoms with E-state index in [-0.39, 0.29) is 24.0 Å². The summed E-state index contributed by atoms with van der Waals surface area (Å²) in [7, 11) is -3.98.